The molecule has 0 aromatic heterocycles. The van der Waals surface area contributed by atoms with E-state index in [9.17, 15) is 0 Å². The van der Waals surface area contributed by atoms with E-state index < -0.39 is 0 Å². The maximum Gasteiger partial charge on any atom is 0.0340 e. The molecule has 1 nitrogen and oxygen atoms in total. The quantitative estimate of drug-likeness (QED) is 0.736. The number of rotatable bonds is 3. The summed E-state index contributed by atoms with van der Waals surface area (Å²) in [5, 5.41) is 3.54. The summed E-state index contributed by atoms with van der Waals surface area (Å²) in [7, 11) is 0. The molecule has 15 heavy (non-hydrogen) atoms. The Morgan fingerprint density at radius 2 is 1.93 bits per heavy atom. The molecule has 1 aromatic rings. The van der Waals surface area contributed by atoms with Crippen LogP contribution in [0.2, 0.25) is 0 Å². The Balaban J connectivity index is 1.57. The molecule has 3 atom stereocenters. The zero-order valence-electron chi connectivity index (χ0n) is 8.89. The molecule has 1 aromatic carbocycles. The van der Waals surface area contributed by atoms with Crippen molar-refractivity contribution in [2.24, 2.45) is 17.8 Å². The van der Waals surface area contributed by atoms with E-state index in [0.29, 0.717) is 0 Å². The smallest absolute Gasteiger partial charge is 0.0340 e. The van der Waals surface area contributed by atoms with Crippen LogP contribution in [0.15, 0.2) is 42.5 Å². The van der Waals surface area contributed by atoms with E-state index in [1.54, 1.807) is 0 Å². The van der Waals surface area contributed by atoms with Crippen LogP contribution in [-0.2, 0) is 0 Å². The number of para-hydroxylation sites is 1. The minimum absolute atomic E-state index is 0.853. The second-order valence-electron chi connectivity index (χ2n) is 4.79. The Hall–Kier alpha value is -1.24. The molecule has 0 heterocycles. The number of allylic oxidation sites excluding steroid dienone is 2. The van der Waals surface area contributed by atoms with E-state index >= 15 is 0 Å². The molecular weight excluding hydrogens is 182 g/mol. The molecule has 78 valence electrons. The lowest BCUT2D eigenvalue weighted by Gasteiger charge is -2.19. The highest BCUT2D eigenvalue weighted by atomic mass is 14.9. The Morgan fingerprint density at radius 3 is 2.60 bits per heavy atom. The third-order valence-electron chi connectivity index (χ3n) is 3.76. The number of anilines is 1. The molecule has 0 radical (unpaired) electrons. The summed E-state index contributed by atoms with van der Waals surface area (Å²) in [4.78, 5) is 0. The number of benzene rings is 1. The largest absolute Gasteiger partial charge is 0.385 e. The first-order valence-corrected chi connectivity index (χ1v) is 5.89. The van der Waals surface area contributed by atoms with Gasteiger partial charge in [0.1, 0.15) is 0 Å². The topological polar surface area (TPSA) is 12.0 Å². The molecular formula is C14H17N. The van der Waals surface area contributed by atoms with E-state index in [2.05, 4.69) is 47.8 Å². The fourth-order valence-corrected chi connectivity index (χ4v) is 2.93. The summed E-state index contributed by atoms with van der Waals surface area (Å²) in [6.07, 6.45) is 7.62. The Bertz CT molecular complexity index is 355. The molecule has 1 N–H and O–H groups in total. The van der Waals surface area contributed by atoms with Gasteiger partial charge in [0, 0.05) is 12.2 Å². The summed E-state index contributed by atoms with van der Waals surface area (Å²) < 4.78 is 0. The first kappa shape index (κ1) is 9.02. The molecule has 0 saturated heterocycles. The van der Waals surface area contributed by atoms with Gasteiger partial charge in [0.25, 0.3) is 0 Å². The van der Waals surface area contributed by atoms with Crippen molar-refractivity contribution in [2.75, 3.05) is 11.9 Å². The van der Waals surface area contributed by atoms with E-state index in [4.69, 9.17) is 0 Å². The summed E-state index contributed by atoms with van der Waals surface area (Å²) >= 11 is 0. The Labute approximate surface area is 91.2 Å². The normalized spacial score (nSPS) is 32.1. The lowest BCUT2D eigenvalue weighted by molar-refractivity contribution is 0.472. The molecule has 1 saturated carbocycles. The van der Waals surface area contributed by atoms with Crippen LogP contribution in [0.1, 0.15) is 12.8 Å². The number of nitrogens with one attached hydrogen (secondary N) is 1. The molecule has 3 rings (SSSR count). The van der Waals surface area contributed by atoms with Gasteiger partial charge in [-0.3, -0.25) is 0 Å². The van der Waals surface area contributed by atoms with Crippen molar-refractivity contribution in [3.05, 3.63) is 42.5 Å². The maximum atomic E-state index is 3.54. The predicted molar refractivity (Wildman–Crippen MR) is 63.8 cm³/mol. The van der Waals surface area contributed by atoms with E-state index in [0.717, 1.165) is 24.3 Å². The van der Waals surface area contributed by atoms with Gasteiger partial charge in [0.15, 0.2) is 0 Å². The Morgan fingerprint density at radius 1 is 1.07 bits per heavy atom. The highest BCUT2D eigenvalue weighted by Crippen LogP contribution is 2.43. The lowest BCUT2D eigenvalue weighted by Crippen LogP contribution is -2.18. The van der Waals surface area contributed by atoms with Gasteiger partial charge in [0.05, 0.1) is 0 Å². The fourth-order valence-electron chi connectivity index (χ4n) is 2.93. The molecule has 1 heteroatoms. The van der Waals surface area contributed by atoms with Crippen LogP contribution in [0.5, 0.6) is 0 Å². The maximum absolute atomic E-state index is 3.54. The van der Waals surface area contributed by atoms with Gasteiger partial charge in [-0.2, -0.15) is 0 Å². The molecule has 2 bridgehead atoms. The minimum atomic E-state index is 0.853. The molecule has 2 aliphatic rings. The van der Waals surface area contributed by atoms with Crippen molar-refractivity contribution in [1.82, 2.24) is 0 Å². The second kappa shape index (κ2) is 3.73. The molecule has 2 aliphatic carbocycles. The van der Waals surface area contributed by atoms with Crippen LogP contribution in [0, 0.1) is 17.8 Å². The monoisotopic (exact) mass is 199 g/mol. The summed E-state index contributed by atoms with van der Waals surface area (Å²) in [6, 6.07) is 10.5. The number of hydrogen-bond donors (Lipinski definition) is 1. The first-order valence-electron chi connectivity index (χ1n) is 5.89. The third kappa shape index (κ3) is 1.79. The molecule has 0 spiro atoms. The van der Waals surface area contributed by atoms with Gasteiger partial charge < -0.3 is 5.32 Å². The van der Waals surface area contributed by atoms with Crippen molar-refractivity contribution in [3.8, 4) is 0 Å². The summed E-state index contributed by atoms with van der Waals surface area (Å²) in [5.41, 5.74) is 1.25. The van der Waals surface area contributed by atoms with Gasteiger partial charge in [-0.05, 0) is 42.7 Å². The summed E-state index contributed by atoms with van der Waals surface area (Å²) in [5.74, 6) is 2.60. The molecule has 0 unspecified atom stereocenters. The predicted octanol–water partition coefficient (Wildman–Crippen LogP) is 3.31. The van der Waals surface area contributed by atoms with Crippen LogP contribution >= 0.6 is 0 Å². The van der Waals surface area contributed by atoms with E-state index in [1.165, 1.54) is 18.5 Å². The van der Waals surface area contributed by atoms with Crippen LogP contribution in [0.4, 0.5) is 5.69 Å². The Kier molecular flexibility index (Phi) is 2.24. The standard InChI is InChI=1S/C14H17N/c1-2-4-14(5-3-1)15-10-13-9-11-6-7-12(13)8-11/h1-7,11-13,15H,8-10H2/t11-,12+,13-/m0/s1. The van der Waals surface area contributed by atoms with Crippen molar-refractivity contribution in [2.45, 2.75) is 12.8 Å². The van der Waals surface area contributed by atoms with Gasteiger partial charge in [0.2, 0.25) is 0 Å². The van der Waals surface area contributed by atoms with E-state index in [1.807, 2.05) is 0 Å². The zero-order chi connectivity index (χ0) is 10.1. The molecule has 0 aliphatic heterocycles. The third-order valence-corrected chi connectivity index (χ3v) is 3.76. The van der Waals surface area contributed by atoms with Gasteiger partial charge in [-0.1, -0.05) is 30.4 Å². The highest BCUT2D eigenvalue weighted by molar-refractivity contribution is 5.42. The first-order chi connectivity index (χ1) is 7.42. The van der Waals surface area contributed by atoms with E-state index in [-0.39, 0.29) is 0 Å². The van der Waals surface area contributed by atoms with Gasteiger partial charge >= 0.3 is 0 Å². The van der Waals surface area contributed by atoms with Crippen LogP contribution < -0.4 is 5.32 Å². The van der Waals surface area contributed by atoms with Crippen LogP contribution in [0.25, 0.3) is 0 Å². The zero-order valence-corrected chi connectivity index (χ0v) is 8.89. The SMILES string of the molecule is C1=C[C@@H]2C[C@H]1C[C@H]2CNc1ccccc1. The van der Waals surface area contributed by atoms with Crippen LogP contribution in [-0.4, -0.2) is 6.54 Å². The van der Waals surface area contributed by atoms with Crippen molar-refractivity contribution >= 4 is 5.69 Å². The van der Waals surface area contributed by atoms with Crippen molar-refractivity contribution in [3.63, 3.8) is 0 Å². The van der Waals surface area contributed by atoms with Gasteiger partial charge in [-0.15, -0.1) is 0 Å². The molecule has 0 amide bonds. The fraction of sp³-hybridized carbons (Fsp3) is 0.429. The average Bonchev–Trinajstić information content (AvgIpc) is 2.89. The van der Waals surface area contributed by atoms with Crippen LogP contribution in [0.3, 0.4) is 0 Å². The second-order valence-corrected chi connectivity index (χ2v) is 4.79. The number of hydrogen-bond acceptors (Lipinski definition) is 1. The van der Waals surface area contributed by atoms with Gasteiger partial charge in [-0.25, -0.2) is 0 Å². The summed E-state index contributed by atoms with van der Waals surface area (Å²) in [6.45, 7) is 1.13. The average molecular weight is 199 g/mol. The molecule has 1 fully saturated rings. The minimum Gasteiger partial charge on any atom is -0.385 e. The highest BCUT2D eigenvalue weighted by Gasteiger charge is 2.34. The van der Waals surface area contributed by atoms with Crippen molar-refractivity contribution in [1.29, 1.82) is 0 Å². The lowest BCUT2D eigenvalue weighted by atomic mass is 9.93. The number of fused-ring (bicyclic) bond motifs is 2. The van der Waals surface area contributed by atoms with Crippen molar-refractivity contribution < 1.29 is 0 Å².